The number of esters is 1. The molecule has 25 heavy (non-hydrogen) atoms. The molecule has 0 unspecified atom stereocenters. The van der Waals surface area contributed by atoms with Crippen LogP contribution in [0.1, 0.15) is 10.4 Å². The molecule has 1 aromatic carbocycles. The highest BCUT2D eigenvalue weighted by atomic mass is 35.5. The zero-order valence-corrected chi connectivity index (χ0v) is 15.6. The molecule has 0 aromatic heterocycles. The van der Waals surface area contributed by atoms with Gasteiger partial charge in [-0.1, -0.05) is 23.4 Å². The number of thioether (sulfide) groups is 2. The number of halogens is 1. The van der Waals surface area contributed by atoms with Crippen LogP contribution < -0.4 is 5.32 Å². The van der Waals surface area contributed by atoms with E-state index in [1.54, 1.807) is 18.2 Å². The Hall–Kier alpha value is -1.71. The van der Waals surface area contributed by atoms with Gasteiger partial charge in [-0.05, 0) is 24.5 Å². The fourth-order valence-corrected chi connectivity index (χ4v) is 3.34. The zero-order valence-electron chi connectivity index (χ0n) is 13.2. The lowest BCUT2D eigenvalue weighted by molar-refractivity contribution is -0.126. The van der Waals surface area contributed by atoms with Crippen LogP contribution in [0.5, 0.6) is 0 Å². The first-order valence-corrected chi connectivity index (χ1v) is 9.75. The molecule has 0 aliphatic carbocycles. The van der Waals surface area contributed by atoms with Gasteiger partial charge in [-0.15, -0.1) is 11.8 Å². The molecule has 134 valence electrons. The Morgan fingerprint density at radius 2 is 2.16 bits per heavy atom. The Morgan fingerprint density at radius 1 is 1.40 bits per heavy atom. The molecular formula is C15H15ClN2O5S2. The summed E-state index contributed by atoms with van der Waals surface area (Å²) in [5, 5.41) is 2.40. The summed E-state index contributed by atoms with van der Waals surface area (Å²) in [6.45, 7) is -0.293. The predicted octanol–water partition coefficient (Wildman–Crippen LogP) is 2.03. The van der Waals surface area contributed by atoms with Gasteiger partial charge >= 0.3 is 5.97 Å². The van der Waals surface area contributed by atoms with Crippen molar-refractivity contribution in [2.75, 3.05) is 31.7 Å². The average Bonchev–Trinajstić information content (AvgIpc) is 2.92. The van der Waals surface area contributed by atoms with Gasteiger partial charge in [0.1, 0.15) is 0 Å². The van der Waals surface area contributed by atoms with Gasteiger partial charge in [0.2, 0.25) is 5.91 Å². The van der Waals surface area contributed by atoms with Crippen LogP contribution in [0.25, 0.3) is 0 Å². The van der Waals surface area contributed by atoms with Crippen molar-refractivity contribution in [1.82, 2.24) is 10.2 Å². The van der Waals surface area contributed by atoms with Gasteiger partial charge in [-0.2, -0.15) is 0 Å². The van der Waals surface area contributed by atoms with E-state index in [-0.39, 0.29) is 40.6 Å². The third-order valence-electron chi connectivity index (χ3n) is 3.23. The number of amides is 3. The first-order valence-electron chi connectivity index (χ1n) is 7.17. The normalized spacial score (nSPS) is 13.9. The Balaban J connectivity index is 1.77. The van der Waals surface area contributed by atoms with Crippen molar-refractivity contribution in [3.63, 3.8) is 0 Å². The second kappa shape index (κ2) is 9.12. The Bertz CT molecular complexity index is 697. The van der Waals surface area contributed by atoms with E-state index in [0.717, 1.165) is 21.6 Å². The minimum Gasteiger partial charge on any atom is -0.452 e. The molecule has 1 saturated heterocycles. The van der Waals surface area contributed by atoms with E-state index in [2.05, 4.69) is 5.32 Å². The van der Waals surface area contributed by atoms with Gasteiger partial charge in [-0.3, -0.25) is 19.3 Å². The van der Waals surface area contributed by atoms with E-state index < -0.39 is 18.5 Å². The fraction of sp³-hybridized carbons (Fsp3) is 0.333. The Kier molecular flexibility index (Phi) is 7.15. The minimum absolute atomic E-state index is 0.0892. The van der Waals surface area contributed by atoms with Crippen LogP contribution in [0.4, 0.5) is 4.79 Å². The molecule has 2 rings (SSSR count). The number of nitrogens with one attached hydrogen (secondary N) is 1. The quantitative estimate of drug-likeness (QED) is 0.551. The number of rotatable bonds is 7. The van der Waals surface area contributed by atoms with Crippen LogP contribution in [0, 0.1) is 0 Å². The summed E-state index contributed by atoms with van der Waals surface area (Å²) in [7, 11) is 0. The molecule has 0 saturated carbocycles. The van der Waals surface area contributed by atoms with Gasteiger partial charge < -0.3 is 10.1 Å². The van der Waals surface area contributed by atoms with Crippen LogP contribution in [0.3, 0.4) is 0 Å². The highest BCUT2D eigenvalue weighted by molar-refractivity contribution is 8.14. The smallest absolute Gasteiger partial charge is 0.340 e. The van der Waals surface area contributed by atoms with Gasteiger partial charge in [0.05, 0.1) is 16.3 Å². The molecule has 0 spiro atoms. The lowest BCUT2D eigenvalue weighted by Gasteiger charge is -2.13. The van der Waals surface area contributed by atoms with Crippen LogP contribution in [-0.2, 0) is 14.3 Å². The number of carbonyl (C=O) groups excluding carboxylic acids is 4. The summed E-state index contributed by atoms with van der Waals surface area (Å²) >= 11 is 8.34. The molecular weight excluding hydrogens is 388 g/mol. The summed E-state index contributed by atoms with van der Waals surface area (Å²) < 4.78 is 4.94. The minimum atomic E-state index is -0.697. The summed E-state index contributed by atoms with van der Waals surface area (Å²) in [5.74, 6) is -1.38. The van der Waals surface area contributed by atoms with Gasteiger partial charge in [0.15, 0.2) is 6.61 Å². The first-order chi connectivity index (χ1) is 11.9. The number of nitrogens with zero attached hydrogens (tertiary/aromatic N) is 1. The average molecular weight is 403 g/mol. The Labute approximate surface area is 157 Å². The molecule has 10 heteroatoms. The van der Waals surface area contributed by atoms with Gasteiger partial charge in [-0.25, -0.2) is 4.79 Å². The van der Waals surface area contributed by atoms with E-state index >= 15 is 0 Å². The summed E-state index contributed by atoms with van der Waals surface area (Å²) in [6, 6.07) is 4.96. The molecule has 1 aromatic rings. The van der Waals surface area contributed by atoms with Crippen LogP contribution in [0.15, 0.2) is 23.1 Å². The lowest BCUT2D eigenvalue weighted by Crippen LogP contribution is -2.38. The van der Waals surface area contributed by atoms with Crippen molar-refractivity contribution in [3.05, 3.63) is 28.8 Å². The molecule has 1 aliphatic heterocycles. The number of imide groups is 1. The third kappa shape index (κ3) is 5.38. The van der Waals surface area contributed by atoms with Crippen LogP contribution in [-0.4, -0.2) is 59.6 Å². The van der Waals surface area contributed by atoms with Gasteiger partial charge in [0.25, 0.3) is 11.1 Å². The molecule has 3 amide bonds. The first kappa shape index (κ1) is 19.6. The van der Waals surface area contributed by atoms with Crippen molar-refractivity contribution in [1.29, 1.82) is 0 Å². The molecule has 1 fully saturated rings. The van der Waals surface area contributed by atoms with Gasteiger partial charge in [0, 0.05) is 18.0 Å². The van der Waals surface area contributed by atoms with Crippen molar-refractivity contribution in [3.8, 4) is 0 Å². The highest BCUT2D eigenvalue weighted by Crippen LogP contribution is 2.23. The fourth-order valence-electron chi connectivity index (χ4n) is 1.95. The van der Waals surface area contributed by atoms with Crippen molar-refractivity contribution in [2.24, 2.45) is 0 Å². The zero-order chi connectivity index (χ0) is 18.4. The maximum Gasteiger partial charge on any atom is 0.340 e. The van der Waals surface area contributed by atoms with Crippen LogP contribution in [0.2, 0.25) is 5.02 Å². The predicted molar refractivity (Wildman–Crippen MR) is 96.1 cm³/mol. The molecule has 0 bridgehead atoms. The standard InChI is InChI=1S/C15H15ClN2O5S2/c1-24-9-2-3-11(16)10(6-9)14(21)23-7-12(19)17-4-5-18-13(20)8-25-15(18)22/h2-3,6H,4-5,7-8H2,1H3,(H,17,19). The molecule has 1 heterocycles. The van der Waals surface area contributed by atoms with E-state index in [0.29, 0.717) is 0 Å². The summed E-state index contributed by atoms with van der Waals surface area (Å²) in [6.07, 6.45) is 1.86. The summed E-state index contributed by atoms with van der Waals surface area (Å²) in [4.78, 5) is 48.4. The molecule has 1 aliphatic rings. The SMILES string of the molecule is CSc1ccc(Cl)c(C(=O)OCC(=O)NCCN2C(=O)CSC2=O)c1. The molecule has 7 nitrogen and oxygen atoms in total. The lowest BCUT2D eigenvalue weighted by atomic mass is 10.2. The van der Waals surface area contributed by atoms with E-state index in [1.807, 2.05) is 6.26 Å². The van der Waals surface area contributed by atoms with E-state index in [9.17, 15) is 19.2 Å². The van der Waals surface area contributed by atoms with Crippen molar-refractivity contribution in [2.45, 2.75) is 4.90 Å². The van der Waals surface area contributed by atoms with Crippen LogP contribution >= 0.6 is 35.1 Å². The largest absolute Gasteiger partial charge is 0.452 e. The van der Waals surface area contributed by atoms with Crippen molar-refractivity contribution < 1.29 is 23.9 Å². The summed E-state index contributed by atoms with van der Waals surface area (Å²) in [5.41, 5.74) is 0.187. The molecule has 0 radical (unpaired) electrons. The number of ether oxygens (including phenoxy) is 1. The van der Waals surface area contributed by atoms with E-state index in [1.165, 1.54) is 11.8 Å². The topological polar surface area (TPSA) is 92.8 Å². The molecule has 1 N–H and O–H groups in total. The number of hydrogen-bond acceptors (Lipinski definition) is 7. The highest BCUT2D eigenvalue weighted by Gasteiger charge is 2.29. The number of benzene rings is 1. The number of hydrogen-bond donors (Lipinski definition) is 1. The van der Waals surface area contributed by atoms with E-state index in [4.69, 9.17) is 16.3 Å². The van der Waals surface area contributed by atoms with Crippen molar-refractivity contribution >= 4 is 58.1 Å². The number of carbonyl (C=O) groups is 4. The second-order valence-corrected chi connectivity index (χ2v) is 7.09. The monoisotopic (exact) mass is 402 g/mol. The molecule has 0 atom stereocenters. The maximum atomic E-state index is 12.0. The maximum absolute atomic E-state index is 12.0. The third-order valence-corrected chi connectivity index (χ3v) is 5.14. The second-order valence-electron chi connectivity index (χ2n) is 4.87. The Morgan fingerprint density at radius 3 is 2.80 bits per heavy atom.